The molecular weight excluding hydrogens is 692 g/mol. The molecule has 0 aromatic heterocycles. The Morgan fingerprint density at radius 2 is 0.769 bits per heavy atom. The van der Waals surface area contributed by atoms with Crippen LogP contribution in [-0.2, 0) is 76.0 Å². The summed E-state index contributed by atoms with van der Waals surface area (Å²) in [7, 11) is 1.64. The second-order valence-electron chi connectivity index (χ2n) is 10.8. The molecule has 0 spiro atoms. The van der Waals surface area contributed by atoms with E-state index in [2.05, 4.69) is 5.32 Å². The quantitative estimate of drug-likeness (QED) is 0.0604. The van der Waals surface area contributed by atoms with Crippen molar-refractivity contribution in [3.8, 4) is 0 Å². The predicted octanol–water partition coefficient (Wildman–Crippen LogP) is -0.796. The number of imide groups is 1. The number of ether oxygens (including phenoxy) is 12. The molecule has 3 amide bonds. The van der Waals surface area contributed by atoms with E-state index < -0.39 is 23.6 Å². The first-order valence-corrected chi connectivity index (χ1v) is 17.6. The lowest BCUT2D eigenvalue weighted by atomic mass is 10.1. The van der Waals surface area contributed by atoms with Gasteiger partial charge in [-0.05, 0) is 6.92 Å². The molecule has 1 aliphatic rings. The maximum absolute atomic E-state index is 12.0. The van der Waals surface area contributed by atoms with E-state index in [1.54, 1.807) is 7.11 Å². The topological polar surface area (TPSA) is 194 Å². The Kier molecular flexibility index (Phi) is 32.5. The molecular formula is C34H60N2O16. The standard InChI is InChI=1S/C34H60N2O16/c1-30(37)31(36-33(39)3-4-34(36)40)29-35-32(38)5-6-42-9-10-44-13-14-46-17-18-48-21-22-50-25-26-52-28-27-51-24-23-49-20-19-47-16-15-45-12-11-43-8-7-41-2/h3-4,31H,5-29H2,1-2H3,(H,35,38). The van der Waals surface area contributed by atoms with Crippen molar-refractivity contribution < 1.29 is 76.0 Å². The van der Waals surface area contributed by atoms with Gasteiger partial charge in [-0.1, -0.05) is 0 Å². The number of carbonyl (C=O) groups is 4. The van der Waals surface area contributed by atoms with Crippen LogP contribution in [-0.4, -0.2) is 200 Å². The maximum atomic E-state index is 12.0. The Labute approximate surface area is 306 Å². The Balaban J connectivity index is 1.71. The molecule has 0 radical (unpaired) electrons. The van der Waals surface area contributed by atoms with Gasteiger partial charge in [-0.25, -0.2) is 0 Å². The molecule has 1 N–H and O–H groups in total. The van der Waals surface area contributed by atoms with Gasteiger partial charge >= 0.3 is 0 Å². The van der Waals surface area contributed by atoms with Crippen molar-refractivity contribution in [2.75, 3.05) is 166 Å². The molecule has 1 unspecified atom stereocenters. The fraction of sp³-hybridized carbons (Fsp3) is 0.824. The summed E-state index contributed by atoms with van der Waals surface area (Å²) in [6.07, 6.45) is 2.25. The fourth-order valence-corrected chi connectivity index (χ4v) is 4.04. The normalized spacial score (nSPS) is 13.4. The average Bonchev–Trinajstić information content (AvgIpc) is 3.46. The third-order valence-corrected chi connectivity index (χ3v) is 6.74. The van der Waals surface area contributed by atoms with Crippen molar-refractivity contribution in [2.24, 2.45) is 0 Å². The predicted molar refractivity (Wildman–Crippen MR) is 184 cm³/mol. The van der Waals surface area contributed by atoms with Gasteiger partial charge in [-0.15, -0.1) is 0 Å². The summed E-state index contributed by atoms with van der Waals surface area (Å²) in [4.78, 5) is 48.3. The zero-order valence-corrected chi connectivity index (χ0v) is 30.9. The van der Waals surface area contributed by atoms with E-state index in [-0.39, 0.29) is 25.5 Å². The highest BCUT2D eigenvalue weighted by Gasteiger charge is 2.34. The maximum Gasteiger partial charge on any atom is 0.254 e. The summed E-state index contributed by atoms with van der Waals surface area (Å²) >= 11 is 0. The van der Waals surface area contributed by atoms with Gasteiger partial charge in [0.05, 0.1) is 152 Å². The molecule has 0 bridgehead atoms. The first-order chi connectivity index (χ1) is 25.5. The number of carbonyl (C=O) groups excluding carboxylic acids is 4. The van der Waals surface area contributed by atoms with Crippen LogP contribution in [0.4, 0.5) is 0 Å². The average molecular weight is 753 g/mol. The molecule has 0 aromatic rings. The van der Waals surface area contributed by atoms with Crippen molar-refractivity contribution in [3.05, 3.63) is 12.2 Å². The highest BCUT2D eigenvalue weighted by Crippen LogP contribution is 2.10. The van der Waals surface area contributed by atoms with Gasteiger partial charge in [0.2, 0.25) is 5.91 Å². The van der Waals surface area contributed by atoms with Crippen LogP contribution in [0.5, 0.6) is 0 Å². The molecule has 302 valence electrons. The van der Waals surface area contributed by atoms with Gasteiger partial charge in [0, 0.05) is 32.2 Å². The molecule has 0 saturated heterocycles. The summed E-state index contributed by atoms with van der Waals surface area (Å²) in [6.45, 7) is 11.6. The molecule has 1 heterocycles. The summed E-state index contributed by atoms with van der Waals surface area (Å²) < 4.78 is 64.6. The lowest BCUT2D eigenvalue weighted by molar-refractivity contribution is -0.144. The van der Waals surface area contributed by atoms with Crippen molar-refractivity contribution in [2.45, 2.75) is 19.4 Å². The van der Waals surface area contributed by atoms with E-state index >= 15 is 0 Å². The highest BCUT2D eigenvalue weighted by atomic mass is 16.6. The third-order valence-electron chi connectivity index (χ3n) is 6.74. The zero-order chi connectivity index (χ0) is 37.7. The number of rotatable bonds is 40. The van der Waals surface area contributed by atoms with Crippen LogP contribution in [0.1, 0.15) is 13.3 Å². The number of methoxy groups -OCH3 is 1. The van der Waals surface area contributed by atoms with Gasteiger partial charge in [0.25, 0.3) is 11.8 Å². The number of hydrogen-bond acceptors (Lipinski definition) is 16. The SMILES string of the molecule is COCCOCCOCCOCCOCCOCCOCCOCCOCCOCCOCCOCCC(=O)NCC(C(C)=O)N1C(=O)C=CC1=O. The minimum absolute atomic E-state index is 0.0594. The van der Waals surface area contributed by atoms with Gasteiger partial charge in [-0.2, -0.15) is 0 Å². The van der Waals surface area contributed by atoms with Crippen LogP contribution >= 0.6 is 0 Å². The van der Waals surface area contributed by atoms with Crippen LogP contribution in [0.2, 0.25) is 0 Å². The van der Waals surface area contributed by atoms with Crippen molar-refractivity contribution in [1.29, 1.82) is 0 Å². The molecule has 18 heteroatoms. The Morgan fingerprint density at radius 3 is 1.04 bits per heavy atom. The number of amides is 3. The van der Waals surface area contributed by atoms with E-state index in [9.17, 15) is 19.2 Å². The number of ketones is 1. The summed E-state index contributed by atoms with van der Waals surface area (Å²) in [5, 5.41) is 2.56. The molecule has 1 aliphatic heterocycles. The van der Waals surface area contributed by atoms with Crippen molar-refractivity contribution in [1.82, 2.24) is 10.2 Å². The van der Waals surface area contributed by atoms with E-state index in [1.807, 2.05) is 0 Å². The lowest BCUT2D eigenvalue weighted by Crippen LogP contribution is -2.50. The Morgan fingerprint density at radius 1 is 0.500 bits per heavy atom. The molecule has 1 rings (SSSR count). The minimum Gasteiger partial charge on any atom is -0.382 e. The molecule has 18 nitrogen and oxygen atoms in total. The summed E-state index contributed by atoms with van der Waals surface area (Å²) in [5.74, 6) is -1.91. The van der Waals surface area contributed by atoms with Crippen LogP contribution in [0, 0.1) is 0 Å². The van der Waals surface area contributed by atoms with Crippen molar-refractivity contribution in [3.63, 3.8) is 0 Å². The Bertz CT molecular complexity index is 923. The Hall–Kier alpha value is -2.46. The first-order valence-electron chi connectivity index (χ1n) is 17.6. The van der Waals surface area contributed by atoms with E-state index in [0.29, 0.717) is 145 Å². The largest absolute Gasteiger partial charge is 0.382 e. The molecule has 0 fully saturated rings. The summed E-state index contributed by atoms with van der Waals surface area (Å²) in [5.41, 5.74) is 0. The van der Waals surface area contributed by atoms with E-state index in [4.69, 9.17) is 56.8 Å². The number of nitrogens with one attached hydrogen (secondary N) is 1. The second-order valence-corrected chi connectivity index (χ2v) is 10.8. The van der Waals surface area contributed by atoms with Crippen LogP contribution in [0.3, 0.4) is 0 Å². The van der Waals surface area contributed by atoms with Crippen LogP contribution in [0.25, 0.3) is 0 Å². The second kappa shape index (κ2) is 35.6. The molecule has 0 saturated carbocycles. The van der Waals surface area contributed by atoms with Crippen molar-refractivity contribution >= 4 is 23.5 Å². The zero-order valence-electron chi connectivity index (χ0n) is 30.9. The molecule has 0 aliphatic carbocycles. The van der Waals surface area contributed by atoms with Crippen LogP contribution < -0.4 is 5.32 Å². The minimum atomic E-state index is -1.04. The summed E-state index contributed by atoms with van der Waals surface area (Å²) in [6, 6.07) is -1.04. The molecule has 0 aromatic carbocycles. The smallest absolute Gasteiger partial charge is 0.254 e. The van der Waals surface area contributed by atoms with E-state index in [0.717, 1.165) is 17.1 Å². The number of Topliss-reactive ketones (excluding diaryl/α,β-unsaturated/α-hetero) is 1. The van der Waals surface area contributed by atoms with Gasteiger partial charge in [0.15, 0.2) is 5.78 Å². The lowest BCUT2D eigenvalue weighted by Gasteiger charge is -2.24. The molecule has 1 atom stereocenters. The third kappa shape index (κ3) is 28.1. The molecule has 52 heavy (non-hydrogen) atoms. The monoisotopic (exact) mass is 752 g/mol. The van der Waals surface area contributed by atoms with E-state index in [1.165, 1.54) is 6.92 Å². The van der Waals surface area contributed by atoms with Gasteiger partial charge in [-0.3, -0.25) is 24.1 Å². The van der Waals surface area contributed by atoms with Gasteiger partial charge in [0.1, 0.15) is 6.04 Å². The number of hydrogen-bond donors (Lipinski definition) is 1. The first kappa shape index (κ1) is 47.6. The number of nitrogens with zero attached hydrogens (tertiary/aromatic N) is 1. The van der Waals surface area contributed by atoms with Crippen LogP contribution in [0.15, 0.2) is 12.2 Å². The van der Waals surface area contributed by atoms with Gasteiger partial charge < -0.3 is 62.2 Å². The highest BCUT2D eigenvalue weighted by molar-refractivity contribution is 6.15. The fourth-order valence-electron chi connectivity index (χ4n) is 4.04.